The summed E-state index contributed by atoms with van der Waals surface area (Å²) in [7, 11) is 0. The van der Waals surface area contributed by atoms with Gasteiger partial charge in [0.1, 0.15) is 24.0 Å². The Balaban J connectivity index is 1.99. The van der Waals surface area contributed by atoms with Crippen LogP contribution < -0.4 is 5.73 Å². The Hall–Kier alpha value is -1.66. The third-order valence-corrected chi connectivity index (χ3v) is 3.14. The maximum atomic E-state index is 9.06. The average Bonchev–Trinajstić information content (AvgIpc) is 2.94. The van der Waals surface area contributed by atoms with Crippen LogP contribution in [0.4, 0.5) is 5.82 Å². The first-order valence-corrected chi connectivity index (χ1v) is 5.63. The summed E-state index contributed by atoms with van der Waals surface area (Å²) in [4.78, 5) is 8.18. The number of fused-ring (bicyclic) bond motifs is 1. The molecule has 6 heteroatoms. The summed E-state index contributed by atoms with van der Waals surface area (Å²) >= 11 is 0. The second-order valence-corrected chi connectivity index (χ2v) is 4.19. The van der Waals surface area contributed by atoms with Crippen molar-refractivity contribution in [3.05, 3.63) is 18.6 Å². The fraction of sp³-hybridized carbons (Fsp3) is 0.455. The molecule has 0 radical (unpaired) electrons. The molecule has 0 saturated carbocycles. The summed E-state index contributed by atoms with van der Waals surface area (Å²) < 4.78 is 7.66. The maximum Gasteiger partial charge on any atom is 0.147 e. The van der Waals surface area contributed by atoms with Gasteiger partial charge in [-0.3, -0.25) is 0 Å². The normalized spacial score (nSPS) is 24.5. The van der Waals surface area contributed by atoms with E-state index >= 15 is 0 Å². The van der Waals surface area contributed by atoms with Gasteiger partial charge in [-0.25, -0.2) is 9.97 Å². The summed E-state index contributed by atoms with van der Waals surface area (Å²) in [6.45, 7) is 0.0623. The molecule has 90 valence electrons. The van der Waals surface area contributed by atoms with Crippen molar-refractivity contribution in [3.63, 3.8) is 0 Å². The van der Waals surface area contributed by atoms with Crippen LogP contribution in [0.15, 0.2) is 18.6 Å². The van der Waals surface area contributed by atoms with Gasteiger partial charge in [-0.05, 0) is 18.9 Å². The molecule has 2 aromatic heterocycles. The predicted molar refractivity (Wildman–Crippen MR) is 62.2 cm³/mol. The van der Waals surface area contributed by atoms with Crippen molar-refractivity contribution in [1.29, 1.82) is 0 Å². The van der Waals surface area contributed by atoms with E-state index in [2.05, 4.69) is 9.97 Å². The molecule has 2 aromatic rings. The van der Waals surface area contributed by atoms with E-state index in [1.54, 1.807) is 0 Å². The summed E-state index contributed by atoms with van der Waals surface area (Å²) in [5, 5.41) is 9.90. The topological polar surface area (TPSA) is 86.2 Å². The number of nitrogen functional groups attached to an aromatic ring is 1. The van der Waals surface area contributed by atoms with Gasteiger partial charge in [-0.15, -0.1) is 0 Å². The predicted octanol–water partition coefficient (Wildman–Crippen LogP) is 0.683. The molecule has 0 aliphatic carbocycles. The van der Waals surface area contributed by atoms with Gasteiger partial charge in [0.15, 0.2) is 0 Å². The van der Waals surface area contributed by atoms with Gasteiger partial charge in [-0.2, -0.15) is 0 Å². The van der Waals surface area contributed by atoms with Gasteiger partial charge in [0.05, 0.1) is 18.1 Å². The average molecular weight is 234 g/mol. The zero-order valence-electron chi connectivity index (χ0n) is 9.28. The Morgan fingerprint density at radius 3 is 3.12 bits per heavy atom. The third kappa shape index (κ3) is 1.65. The Kier molecular flexibility index (Phi) is 2.45. The van der Waals surface area contributed by atoms with Crippen molar-refractivity contribution >= 4 is 16.9 Å². The smallest absolute Gasteiger partial charge is 0.147 e. The van der Waals surface area contributed by atoms with Gasteiger partial charge in [0, 0.05) is 6.20 Å². The van der Waals surface area contributed by atoms with E-state index in [0.717, 1.165) is 23.9 Å². The number of aromatic nitrogens is 3. The number of nitrogens with two attached hydrogens (primary N) is 1. The lowest BCUT2D eigenvalue weighted by Gasteiger charge is -2.14. The van der Waals surface area contributed by atoms with Crippen molar-refractivity contribution in [2.45, 2.75) is 25.2 Å². The lowest BCUT2D eigenvalue weighted by Crippen LogP contribution is -2.14. The first-order chi connectivity index (χ1) is 8.29. The van der Waals surface area contributed by atoms with Crippen molar-refractivity contribution in [2.75, 3.05) is 12.3 Å². The molecule has 2 unspecified atom stereocenters. The molecule has 6 nitrogen and oxygen atoms in total. The highest BCUT2D eigenvalue weighted by Crippen LogP contribution is 2.31. The van der Waals surface area contributed by atoms with Crippen LogP contribution in [-0.4, -0.2) is 32.4 Å². The number of aliphatic hydroxyl groups excluding tert-OH is 1. The second-order valence-electron chi connectivity index (χ2n) is 4.19. The van der Waals surface area contributed by atoms with E-state index < -0.39 is 0 Å². The van der Waals surface area contributed by atoms with E-state index in [4.69, 9.17) is 15.6 Å². The fourth-order valence-corrected chi connectivity index (χ4v) is 2.25. The quantitative estimate of drug-likeness (QED) is 0.798. The molecule has 1 fully saturated rings. The van der Waals surface area contributed by atoms with Crippen LogP contribution in [0.25, 0.3) is 11.0 Å². The molecular weight excluding hydrogens is 220 g/mol. The number of anilines is 1. The molecule has 0 aromatic carbocycles. The number of hydrogen-bond acceptors (Lipinski definition) is 5. The third-order valence-electron chi connectivity index (χ3n) is 3.14. The molecular formula is C11H14N4O2. The van der Waals surface area contributed by atoms with Crippen molar-refractivity contribution in [2.24, 2.45) is 0 Å². The first-order valence-electron chi connectivity index (χ1n) is 5.63. The molecule has 3 N–H and O–H groups in total. The Bertz CT molecular complexity index is 539. The van der Waals surface area contributed by atoms with Gasteiger partial charge >= 0.3 is 0 Å². The molecule has 0 bridgehead atoms. The summed E-state index contributed by atoms with van der Waals surface area (Å²) in [5.41, 5.74) is 6.56. The minimum absolute atomic E-state index is 0.0623. The monoisotopic (exact) mass is 234 g/mol. The molecule has 1 aliphatic rings. The van der Waals surface area contributed by atoms with Crippen LogP contribution in [0.5, 0.6) is 0 Å². The summed E-state index contributed by atoms with van der Waals surface area (Å²) in [5.74, 6) is 0.477. The van der Waals surface area contributed by atoms with Crippen LogP contribution in [0.1, 0.15) is 19.1 Å². The van der Waals surface area contributed by atoms with Crippen LogP contribution in [0.3, 0.4) is 0 Å². The van der Waals surface area contributed by atoms with Gasteiger partial charge in [-0.1, -0.05) is 0 Å². The zero-order chi connectivity index (χ0) is 11.8. The molecule has 1 aliphatic heterocycles. The van der Waals surface area contributed by atoms with Crippen LogP contribution in [-0.2, 0) is 4.74 Å². The van der Waals surface area contributed by atoms with Crippen LogP contribution >= 0.6 is 0 Å². The SMILES string of the molecule is Nc1ncnc2c1ccn2C1CCC(CO)O1. The van der Waals surface area contributed by atoms with E-state index in [0.29, 0.717) is 5.82 Å². The molecule has 3 heterocycles. The van der Waals surface area contributed by atoms with Crippen molar-refractivity contribution < 1.29 is 9.84 Å². The fourth-order valence-electron chi connectivity index (χ4n) is 2.25. The Morgan fingerprint density at radius 1 is 1.47 bits per heavy atom. The van der Waals surface area contributed by atoms with Gasteiger partial charge in [0.25, 0.3) is 0 Å². The van der Waals surface area contributed by atoms with Crippen molar-refractivity contribution in [3.8, 4) is 0 Å². The summed E-state index contributed by atoms with van der Waals surface area (Å²) in [6.07, 6.45) is 4.95. The highest BCUT2D eigenvalue weighted by atomic mass is 16.5. The highest BCUT2D eigenvalue weighted by molar-refractivity contribution is 5.86. The Labute approximate surface area is 98.0 Å². The largest absolute Gasteiger partial charge is 0.394 e. The van der Waals surface area contributed by atoms with Crippen molar-refractivity contribution in [1.82, 2.24) is 14.5 Å². The lowest BCUT2D eigenvalue weighted by atomic mass is 10.2. The second kappa shape index (κ2) is 3.97. The Morgan fingerprint density at radius 2 is 2.35 bits per heavy atom. The van der Waals surface area contributed by atoms with E-state index in [-0.39, 0.29) is 18.9 Å². The number of hydrogen-bond donors (Lipinski definition) is 2. The lowest BCUT2D eigenvalue weighted by molar-refractivity contribution is -0.0204. The number of nitrogens with zero attached hydrogens (tertiary/aromatic N) is 3. The molecule has 3 rings (SSSR count). The maximum absolute atomic E-state index is 9.06. The van der Waals surface area contributed by atoms with E-state index in [9.17, 15) is 0 Å². The molecule has 17 heavy (non-hydrogen) atoms. The minimum Gasteiger partial charge on any atom is -0.394 e. The summed E-state index contributed by atoms with van der Waals surface area (Å²) in [6, 6.07) is 1.89. The highest BCUT2D eigenvalue weighted by Gasteiger charge is 2.27. The van der Waals surface area contributed by atoms with Gasteiger partial charge < -0.3 is 20.1 Å². The van der Waals surface area contributed by atoms with E-state index in [1.807, 2.05) is 16.8 Å². The molecule has 1 saturated heterocycles. The molecule has 2 atom stereocenters. The number of rotatable bonds is 2. The zero-order valence-corrected chi connectivity index (χ0v) is 9.28. The van der Waals surface area contributed by atoms with Crippen LogP contribution in [0, 0.1) is 0 Å². The number of aliphatic hydroxyl groups is 1. The minimum atomic E-state index is -0.0726. The van der Waals surface area contributed by atoms with Crippen LogP contribution in [0.2, 0.25) is 0 Å². The molecule has 0 spiro atoms. The first kappa shape index (κ1) is 10.5. The molecule has 0 amide bonds. The van der Waals surface area contributed by atoms with Gasteiger partial charge in [0.2, 0.25) is 0 Å². The standard InChI is InChI=1S/C11H14N4O2/c12-10-8-3-4-15(11(8)14-6-13-10)9-2-1-7(5-16)17-9/h3-4,6-7,9,16H,1-2,5H2,(H2,12,13,14). The number of ether oxygens (including phenoxy) is 1. The van der Waals surface area contributed by atoms with E-state index in [1.165, 1.54) is 6.33 Å².